The number of hydrogen-bond acceptors (Lipinski definition) is 3. The Balaban J connectivity index is 3.86. The first kappa shape index (κ1) is 9.39. The molecule has 10 heavy (non-hydrogen) atoms. The summed E-state index contributed by atoms with van der Waals surface area (Å²) in [5.74, 6) is -0.639. The fourth-order valence-electron chi connectivity index (χ4n) is 0.399. The summed E-state index contributed by atoms with van der Waals surface area (Å²) in [6, 6.07) is -0.361. The van der Waals surface area contributed by atoms with Gasteiger partial charge in [0.2, 0.25) is 5.95 Å². The molecule has 0 aromatic carbocycles. The van der Waals surface area contributed by atoms with E-state index in [9.17, 15) is 4.39 Å². The number of hydroxylamine groups is 1. The highest BCUT2D eigenvalue weighted by atomic mass is 19.1. The largest absolute Gasteiger partial charge is 0.324 e. The number of halogens is 1. The van der Waals surface area contributed by atoms with Crippen molar-refractivity contribution in [2.45, 2.75) is 19.9 Å². The minimum atomic E-state index is -0.804. The van der Waals surface area contributed by atoms with Crippen molar-refractivity contribution in [2.75, 3.05) is 0 Å². The predicted octanol–water partition coefficient (Wildman–Crippen LogP) is 0.759. The normalized spacial score (nSPS) is 15.6. The molecule has 1 unspecified atom stereocenters. The summed E-state index contributed by atoms with van der Waals surface area (Å²) >= 11 is 0. The molecule has 0 aromatic rings. The van der Waals surface area contributed by atoms with Crippen molar-refractivity contribution in [3.63, 3.8) is 0 Å². The third-order valence-corrected chi connectivity index (χ3v) is 1.22. The molecule has 0 spiro atoms. The predicted molar refractivity (Wildman–Crippen MR) is 36.9 cm³/mol. The van der Waals surface area contributed by atoms with E-state index in [1.54, 1.807) is 0 Å². The maximum absolute atomic E-state index is 12.2. The van der Waals surface area contributed by atoms with E-state index in [0.29, 0.717) is 0 Å². The summed E-state index contributed by atoms with van der Waals surface area (Å²) in [7, 11) is 0. The van der Waals surface area contributed by atoms with Gasteiger partial charge in [0.25, 0.3) is 0 Å². The fraction of sp³-hybridized carbons (Fsp3) is 0.667. The molecule has 3 nitrogen and oxygen atoms in total. The molecule has 60 valence electrons. The van der Waals surface area contributed by atoms with Crippen molar-refractivity contribution in [1.82, 2.24) is 5.48 Å². The second kappa shape index (κ2) is 4.24. The third-order valence-electron chi connectivity index (χ3n) is 1.22. The zero-order valence-corrected chi connectivity index (χ0v) is 6.13. The van der Waals surface area contributed by atoms with Crippen molar-refractivity contribution in [3.05, 3.63) is 12.0 Å². The van der Waals surface area contributed by atoms with Gasteiger partial charge in [-0.05, 0) is 12.0 Å². The summed E-state index contributed by atoms with van der Waals surface area (Å²) < 4.78 is 12.2. The fourth-order valence-corrected chi connectivity index (χ4v) is 0.399. The highest BCUT2D eigenvalue weighted by Crippen LogP contribution is 2.02. The second-order valence-electron chi connectivity index (χ2n) is 2.45. The smallest absolute Gasteiger partial charge is 0.208 e. The minimum Gasteiger partial charge on any atom is -0.324 e. The lowest BCUT2D eigenvalue weighted by molar-refractivity contribution is 0.169. The van der Waals surface area contributed by atoms with Gasteiger partial charge in [0.05, 0.1) is 0 Å². The van der Waals surface area contributed by atoms with Gasteiger partial charge in [-0.25, -0.2) is 5.48 Å². The molecule has 0 aromatic heterocycles. The van der Waals surface area contributed by atoms with Gasteiger partial charge in [-0.15, -0.1) is 0 Å². The number of nitrogens with one attached hydrogen (secondary N) is 1. The molecular weight excluding hydrogens is 135 g/mol. The minimum absolute atomic E-state index is 0.166. The molecule has 4 heteroatoms. The Morgan fingerprint density at radius 2 is 2.20 bits per heavy atom. The van der Waals surface area contributed by atoms with E-state index in [0.717, 1.165) is 6.08 Å². The van der Waals surface area contributed by atoms with Gasteiger partial charge in [0.1, 0.15) is 0 Å². The molecule has 0 rings (SSSR count). The van der Waals surface area contributed by atoms with Gasteiger partial charge in [0.15, 0.2) is 0 Å². The van der Waals surface area contributed by atoms with E-state index in [4.69, 9.17) is 10.9 Å². The molecule has 0 fully saturated rings. The molecule has 0 bridgehead atoms. The molecule has 0 aliphatic heterocycles. The quantitative estimate of drug-likeness (QED) is 0.409. The Bertz CT molecular complexity index is 125. The van der Waals surface area contributed by atoms with Crippen molar-refractivity contribution >= 4 is 0 Å². The average molecular weight is 148 g/mol. The van der Waals surface area contributed by atoms with E-state index >= 15 is 0 Å². The lowest BCUT2D eigenvalue weighted by Crippen LogP contribution is -2.25. The molecule has 0 heterocycles. The lowest BCUT2D eigenvalue weighted by atomic mass is 10.1. The zero-order valence-electron chi connectivity index (χ0n) is 6.13. The standard InChI is InChI=1S/C6H13FN2O/c1-4(2)5(8)3-6(7)9-10/h3-5,9-10H,8H2,1-2H3/b6-3-. The van der Waals surface area contributed by atoms with Gasteiger partial charge in [-0.1, -0.05) is 13.8 Å². The van der Waals surface area contributed by atoms with E-state index < -0.39 is 5.95 Å². The highest BCUT2D eigenvalue weighted by Gasteiger charge is 2.04. The second-order valence-corrected chi connectivity index (χ2v) is 2.45. The topological polar surface area (TPSA) is 58.3 Å². The number of hydrogen-bond donors (Lipinski definition) is 3. The SMILES string of the molecule is CC(C)C(N)/C=C(/F)NO. The van der Waals surface area contributed by atoms with Crippen LogP contribution < -0.4 is 11.2 Å². The summed E-state index contributed by atoms with van der Waals surface area (Å²) in [6.45, 7) is 3.73. The van der Waals surface area contributed by atoms with Crippen LogP contribution in [0, 0.1) is 5.92 Å². The van der Waals surface area contributed by atoms with Crippen molar-refractivity contribution in [2.24, 2.45) is 11.7 Å². The first-order valence-corrected chi connectivity index (χ1v) is 3.11. The Kier molecular flexibility index (Phi) is 3.99. The summed E-state index contributed by atoms with van der Waals surface area (Å²) in [5, 5.41) is 8.02. The van der Waals surface area contributed by atoms with Crippen molar-refractivity contribution in [1.29, 1.82) is 0 Å². The molecule has 0 amide bonds. The molecule has 1 atom stereocenters. The van der Waals surface area contributed by atoms with Crippen LogP contribution in [0.25, 0.3) is 0 Å². The number of rotatable bonds is 3. The van der Waals surface area contributed by atoms with Crippen LogP contribution in [-0.2, 0) is 0 Å². The molecule has 0 aliphatic carbocycles. The van der Waals surface area contributed by atoms with Crippen LogP contribution in [0.2, 0.25) is 0 Å². The van der Waals surface area contributed by atoms with Crippen LogP contribution in [0.3, 0.4) is 0 Å². The Hall–Kier alpha value is -0.610. The Morgan fingerprint density at radius 1 is 1.70 bits per heavy atom. The molecule has 4 N–H and O–H groups in total. The Labute approximate surface area is 59.7 Å². The maximum Gasteiger partial charge on any atom is 0.208 e. The van der Waals surface area contributed by atoms with Gasteiger partial charge >= 0.3 is 0 Å². The van der Waals surface area contributed by atoms with Gasteiger partial charge in [-0.3, -0.25) is 5.21 Å². The molecule has 0 saturated heterocycles. The number of nitrogens with two attached hydrogens (primary N) is 1. The van der Waals surface area contributed by atoms with Crippen LogP contribution in [0.4, 0.5) is 4.39 Å². The van der Waals surface area contributed by atoms with Crippen LogP contribution in [-0.4, -0.2) is 11.2 Å². The Morgan fingerprint density at radius 3 is 2.50 bits per heavy atom. The van der Waals surface area contributed by atoms with Crippen molar-refractivity contribution in [3.8, 4) is 0 Å². The monoisotopic (exact) mass is 148 g/mol. The summed E-state index contributed by atoms with van der Waals surface area (Å²) in [5.41, 5.74) is 6.79. The lowest BCUT2D eigenvalue weighted by Gasteiger charge is -2.09. The van der Waals surface area contributed by atoms with Gasteiger partial charge in [-0.2, -0.15) is 4.39 Å². The maximum atomic E-state index is 12.2. The third kappa shape index (κ3) is 3.42. The molecule has 0 aliphatic rings. The van der Waals surface area contributed by atoms with Crippen LogP contribution >= 0.6 is 0 Å². The van der Waals surface area contributed by atoms with Gasteiger partial charge < -0.3 is 5.73 Å². The molecular formula is C6H13FN2O. The van der Waals surface area contributed by atoms with E-state index in [1.165, 1.54) is 5.48 Å². The van der Waals surface area contributed by atoms with Crippen LogP contribution in [0.15, 0.2) is 12.0 Å². The van der Waals surface area contributed by atoms with Crippen LogP contribution in [0.5, 0.6) is 0 Å². The van der Waals surface area contributed by atoms with E-state index in [1.807, 2.05) is 13.8 Å². The summed E-state index contributed by atoms with van der Waals surface area (Å²) in [6.07, 6.45) is 1.13. The first-order valence-electron chi connectivity index (χ1n) is 3.11. The van der Waals surface area contributed by atoms with Gasteiger partial charge in [0, 0.05) is 6.04 Å². The van der Waals surface area contributed by atoms with Crippen molar-refractivity contribution < 1.29 is 9.60 Å². The van der Waals surface area contributed by atoms with Crippen LogP contribution in [0.1, 0.15) is 13.8 Å². The zero-order chi connectivity index (χ0) is 8.15. The average Bonchev–Trinajstić information content (AvgIpc) is 1.87. The highest BCUT2D eigenvalue weighted by molar-refractivity contribution is 4.95. The molecule has 0 saturated carbocycles. The van der Waals surface area contributed by atoms with E-state index in [-0.39, 0.29) is 12.0 Å². The summed E-state index contributed by atoms with van der Waals surface area (Å²) in [4.78, 5) is 0. The first-order chi connectivity index (χ1) is 4.57. The van der Waals surface area contributed by atoms with E-state index in [2.05, 4.69) is 0 Å². The molecule has 0 radical (unpaired) electrons.